The summed E-state index contributed by atoms with van der Waals surface area (Å²) in [5, 5.41) is 11.6. The molecular formula is C28H29N5O5S. The third-order valence-electron chi connectivity index (χ3n) is 6.98. The Kier molecular flexibility index (Phi) is 7.45. The van der Waals surface area contributed by atoms with Crippen molar-refractivity contribution < 1.29 is 14.5 Å². The van der Waals surface area contributed by atoms with Crippen molar-refractivity contribution in [2.45, 2.75) is 19.9 Å². The van der Waals surface area contributed by atoms with Gasteiger partial charge in [-0.05, 0) is 38.6 Å². The number of benzene rings is 2. The summed E-state index contributed by atoms with van der Waals surface area (Å²) in [6.45, 7) is 6.95. The van der Waals surface area contributed by atoms with E-state index in [2.05, 4.69) is 21.8 Å². The number of anilines is 1. The molecule has 1 aromatic heterocycles. The molecule has 2 aliphatic rings. The maximum atomic E-state index is 13.9. The summed E-state index contributed by atoms with van der Waals surface area (Å²) in [5.74, 6) is -0.516. The van der Waals surface area contributed by atoms with E-state index in [0.717, 1.165) is 37.4 Å². The van der Waals surface area contributed by atoms with E-state index in [-0.39, 0.29) is 17.9 Å². The normalized spacial score (nSPS) is 18.1. The molecule has 0 amide bonds. The van der Waals surface area contributed by atoms with Crippen molar-refractivity contribution in [1.82, 2.24) is 9.47 Å². The number of allylic oxidation sites excluding steroid dienone is 1. The minimum Gasteiger partial charge on any atom is -0.463 e. The van der Waals surface area contributed by atoms with Crippen LogP contribution in [0.25, 0.3) is 6.08 Å². The predicted octanol–water partition coefficient (Wildman–Crippen LogP) is 2.46. The summed E-state index contributed by atoms with van der Waals surface area (Å²) in [6, 6.07) is 13.4. The minimum absolute atomic E-state index is 0.0468. The number of hydrogen-bond acceptors (Lipinski definition) is 9. The first-order valence-corrected chi connectivity index (χ1v) is 13.6. The first-order chi connectivity index (χ1) is 18.8. The summed E-state index contributed by atoms with van der Waals surface area (Å²) in [7, 11) is 2.06. The smallest absolute Gasteiger partial charge is 0.338 e. The number of nitro groups is 1. The summed E-state index contributed by atoms with van der Waals surface area (Å²) in [5.41, 5.74) is 2.63. The number of non-ortho nitro benzene ring substituents is 1. The predicted molar refractivity (Wildman–Crippen MR) is 150 cm³/mol. The van der Waals surface area contributed by atoms with Crippen LogP contribution in [-0.2, 0) is 9.53 Å². The van der Waals surface area contributed by atoms with Gasteiger partial charge in [-0.1, -0.05) is 41.7 Å². The standard InChI is InChI=1S/C28H29N5O5S/c1-4-38-27(35)24-18(2)29-28-32(25(24)19-8-6-5-7-9-19)26(34)23(39-28)17-20-16-21(33(36)37)10-11-22(20)31-14-12-30(3)13-15-31/h5-11,16-17,25H,4,12-15H2,1-3H3. The fraction of sp³-hybridized carbons (Fsp3) is 0.321. The Morgan fingerprint density at radius 2 is 1.90 bits per heavy atom. The van der Waals surface area contributed by atoms with Crippen molar-refractivity contribution in [3.63, 3.8) is 0 Å². The molecule has 0 saturated carbocycles. The highest BCUT2D eigenvalue weighted by atomic mass is 32.1. The van der Waals surface area contributed by atoms with Gasteiger partial charge in [-0.2, -0.15) is 0 Å². The zero-order chi connectivity index (χ0) is 27.7. The van der Waals surface area contributed by atoms with Gasteiger partial charge < -0.3 is 14.5 Å². The van der Waals surface area contributed by atoms with Crippen LogP contribution >= 0.6 is 11.3 Å². The van der Waals surface area contributed by atoms with Gasteiger partial charge in [-0.15, -0.1) is 0 Å². The summed E-state index contributed by atoms with van der Waals surface area (Å²) < 4.78 is 7.24. The first-order valence-electron chi connectivity index (χ1n) is 12.7. The van der Waals surface area contributed by atoms with Gasteiger partial charge in [0.25, 0.3) is 11.2 Å². The summed E-state index contributed by atoms with van der Waals surface area (Å²) in [4.78, 5) is 47.6. The summed E-state index contributed by atoms with van der Waals surface area (Å²) >= 11 is 1.20. The van der Waals surface area contributed by atoms with Gasteiger partial charge >= 0.3 is 5.97 Å². The molecule has 1 unspecified atom stereocenters. The molecule has 0 spiro atoms. The number of rotatable bonds is 6. The van der Waals surface area contributed by atoms with Crippen molar-refractivity contribution in [3.8, 4) is 0 Å². The molecule has 1 fully saturated rings. The Morgan fingerprint density at radius 1 is 1.18 bits per heavy atom. The number of likely N-dealkylation sites (N-methyl/N-ethyl adjacent to an activating group) is 1. The second-order valence-corrected chi connectivity index (χ2v) is 10.5. The number of hydrogen-bond donors (Lipinski definition) is 0. The molecule has 2 aromatic carbocycles. The maximum Gasteiger partial charge on any atom is 0.338 e. The van der Waals surface area contributed by atoms with Crippen LogP contribution in [0.3, 0.4) is 0 Å². The molecule has 0 aliphatic carbocycles. The Morgan fingerprint density at radius 3 is 2.56 bits per heavy atom. The van der Waals surface area contributed by atoms with Gasteiger partial charge in [-0.3, -0.25) is 19.5 Å². The zero-order valence-corrected chi connectivity index (χ0v) is 22.8. The lowest BCUT2D eigenvalue weighted by molar-refractivity contribution is -0.384. The second-order valence-electron chi connectivity index (χ2n) is 9.50. The number of ether oxygens (including phenoxy) is 1. The van der Waals surface area contributed by atoms with Crippen LogP contribution in [0.1, 0.15) is 31.0 Å². The van der Waals surface area contributed by atoms with Gasteiger partial charge in [0, 0.05) is 49.6 Å². The van der Waals surface area contributed by atoms with E-state index in [1.165, 1.54) is 28.0 Å². The molecule has 0 N–H and O–H groups in total. The number of fused-ring (bicyclic) bond motifs is 1. The second kappa shape index (κ2) is 11.0. The molecule has 2 aliphatic heterocycles. The van der Waals surface area contributed by atoms with E-state index in [9.17, 15) is 19.7 Å². The SMILES string of the molecule is CCOC(=O)C1=C(C)N=c2sc(=Cc3cc([N+](=O)[O-])ccc3N3CCN(C)CC3)c(=O)n2C1c1ccccc1. The van der Waals surface area contributed by atoms with Crippen molar-refractivity contribution in [3.05, 3.63) is 101 Å². The molecule has 0 bridgehead atoms. The molecule has 10 nitrogen and oxygen atoms in total. The molecule has 5 rings (SSSR count). The lowest BCUT2D eigenvalue weighted by Gasteiger charge is -2.34. The number of thiazole rings is 1. The number of esters is 1. The Balaban J connectivity index is 1.69. The Labute approximate surface area is 228 Å². The molecule has 3 heterocycles. The molecule has 202 valence electrons. The number of aromatic nitrogens is 1. The quantitative estimate of drug-likeness (QED) is 0.265. The van der Waals surface area contributed by atoms with E-state index in [1.54, 1.807) is 26.0 Å². The van der Waals surface area contributed by atoms with Crippen molar-refractivity contribution >= 4 is 34.8 Å². The van der Waals surface area contributed by atoms with E-state index < -0.39 is 16.9 Å². The first kappa shape index (κ1) is 26.5. The van der Waals surface area contributed by atoms with Crippen molar-refractivity contribution in [1.29, 1.82) is 0 Å². The third-order valence-corrected chi connectivity index (χ3v) is 7.97. The van der Waals surface area contributed by atoms with Crippen LogP contribution in [0.4, 0.5) is 11.4 Å². The molecule has 3 aromatic rings. The van der Waals surface area contributed by atoms with Crippen molar-refractivity contribution in [2.24, 2.45) is 4.99 Å². The highest BCUT2D eigenvalue weighted by Gasteiger charge is 2.33. The molecule has 0 radical (unpaired) electrons. The maximum absolute atomic E-state index is 13.9. The monoisotopic (exact) mass is 547 g/mol. The van der Waals surface area contributed by atoms with Crippen molar-refractivity contribution in [2.75, 3.05) is 44.7 Å². The van der Waals surface area contributed by atoms with Crippen LogP contribution in [-0.4, -0.2) is 60.2 Å². The van der Waals surface area contributed by atoms with E-state index in [0.29, 0.717) is 26.2 Å². The zero-order valence-electron chi connectivity index (χ0n) is 22.0. The highest BCUT2D eigenvalue weighted by Crippen LogP contribution is 2.31. The molecular weight excluding hydrogens is 518 g/mol. The van der Waals surface area contributed by atoms with Crippen LogP contribution in [0, 0.1) is 10.1 Å². The van der Waals surface area contributed by atoms with E-state index >= 15 is 0 Å². The minimum atomic E-state index is -0.703. The lowest BCUT2D eigenvalue weighted by atomic mass is 9.96. The van der Waals surface area contributed by atoms with Crippen LogP contribution in [0.15, 0.2) is 69.6 Å². The van der Waals surface area contributed by atoms with Gasteiger partial charge in [0.15, 0.2) is 4.80 Å². The Bertz CT molecular complexity index is 1630. The number of piperazine rings is 1. The number of nitrogens with zero attached hydrogens (tertiary/aromatic N) is 5. The molecule has 1 atom stereocenters. The lowest BCUT2D eigenvalue weighted by Crippen LogP contribution is -2.44. The van der Waals surface area contributed by atoms with Crippen LogP contribution in [0.5, 0.6) is 0 Å². The highest BCUT2D eigenvalue weighted by molar-refractivity contribution is 7.07. The van der Waals surface area contributed by atoms with E-state index in [4.69, 9.17) is 4.74 Å². The number of carbonyl (C=O) groups is 1. The van der Waals surface area contributed by atoms with E-state index in [1.807, 2.05) is 30.3 Å². The largest absolute Gasteiger partial charge is 0.463 e. The average molecular weight is 548 g/mol. The van der Waals surface area contributed by atoms with Gasteiger partial charge in [-0.25, -0.2) is 9.79 Å². The molecule has 39 heavy (non-hydrogen) atoms. The fourth-order valence-corrected chi connectivity index (χ4v) is 6.03. The number of nitro benzene ring substituents is 1. The number of carbonyl (C=O) groups excluding carboxylic acids is 1. The van der Waals surface area contributed by atoms with Gasteiger partial charge in [0.05, 0.1) is 33.4 Å². The Hall–Kier alpha value is -4.09. The summed E-state index contributed by atoms with van der Waals surface area (Å²) in [6.07, 6.45) is 1.70. The topological polar surface area (TPSA) is 110 Å². The average Bonchev–Trinajstić information content (AvgIpc) is 3.23. The molecule has 1 saturated heterocycles. The van der Waals surface area contributed by atoms with Gasteiger partial charge in [0.1, 0.15) is 0 Å². The van der Waals surface area contributed by atoms with Gasteiger partial charge in [0.2, 0.25) is 0 Å². The molecule has 11 heteroatoms. The van der Waals surface area contributed by atoms with Crippen LogP contribution in [0.2, 0.25) is 0 Å². The fourth-order valence-electron chi connectivity index (χ4n) is 4.99. The van der Waals surface area contributed by atoms with Crippen LogP contribution < -0.4 is 19.8 Å². The third kappa shape index (κ3) is 5.15.